The van der Waals surface area contributed by atoms with Crippen LogP contribution in [0.3, 0.4) is 0 Å². The van der Waals surface area contributed by atoms with E-state index in [1.807, 2.05) is 18.2 Å². The summed E-state index contributed by atoms with van der Waals surface area (Å²) in [6.45, 7) is 3.55. The molecule has 5 rings (SSSR count). The summed E-state index contributed by atoms with van der Waals surface area (Å²) in [6, 6.07) is 16.5. The Morgan fingerprint density at radius 2 is 1.73 bits per heavy atom. The molecule has 0 amide bonds. The smallest absolute Gasteiger partial charge is 0.418 e. The molecule has 0 aliphatic carbocycles. The average Bonchev–Trinajstić information content (AvgIpc) is 3.35. The number of halogens is 4. The molecule has 0 radical (unpaired) electrons. The van der Waals surface area contributed by atoms with Crippen LogP contribution in [-0.4, -0.2) is 19.8 Å². The molecule has 0 bridgehead atoms. The highest BCUT2D eigenvalue weighted by atomic mass is 35.5. The number of aromatic hydroxyl groups is 1. The molecule has 1 aliphatic rings. The number of nitrogens with zero attached hydrogens (tertiary/aromatic N) is 3. The van der Waals surface area contributed by atoms with Crippen LogP contribution in [0.15, 0.2) is 72.9 Å². The van der Waals surface area contributed by atoms with Crippen molar-refractivity contribution in [2.45, 2.75) is 32.1 Å². The Hall–Kier alpha value is -3.56. The summed E-state index contributed by atoms with van der Waals surface area (Å²) in [7, 11) is 0. The Morgan fingerprint density at radius 1 is 1.00 bits per heavy atom. The summed E-state index contributed by atoms with van der Waals surface area (Å²) < 4.78 is 43.3. The van der Waals surface area contributed by atoms with Crippen LogP contribution in [0.2, 0.25) is 5.02 Å². The van der Waals surface area contributed by atoms with Gasteiger partial charge in [0.2, 0.25) is 0 Å². The van der Waals surface area contributed by atoms with E-state index in [1.54, 1.807) is 53.8 Å². The first-order chi connectivity index (χ1) is 17.6. The lowest BCUT2D eigenvalue weighted by molar-refractivity contribution is -0.137. The first-order valence-electron chi connectivity index (χ1n) is 11.4. The second kappa shape index (κ2) is 9.39. The summed E-state index contributed by atoms with van der Waals surface area (Å²) in [4.78, 5) is 6.26. The number of nitrogens with one attached hydrogen (secondary N) is 1. The number of hydrogen-bond acceptors (Lipinski definition) is 3. The van der Waals surface area contributed by atoms with E-state index < -0.39 is 23.8 Å². The Morgan fingerprint density at radius 3 is 2.43 bits per heavy atom. The van der Waals surface area contributed by atoms with E-state index in [2.05, 4.69) is 10.3 Å². The van der Waals surface area contributed by atoms with Gasteiger partial charge in [-0.3, -0.25) is 4.98 Å². The van der Waals surface area contributed by atoms with Gasteiger partial charge in [0.05, 0.1) is 34.7 Å². The van der Waals surface area contributed by atoms with Crippen molar-refractivity contribution >= 4 is 34.6 Å². The molecular weight excluding hydrogens is 521 g/mol. The van der Waals surface area contributed by atoms with E-state index in [0.29, 0.717) is 32.9 Å². The quantitative estimate of drug-likeness (QED) is 0.271. The Kier molecular flexibility index (Phi) is 6.37. The summed E-state index contributed by atoms with van der Waals surface area (Å²) in [5, 5.41) is 14.8. The van der Waals surface area contributed by atoms with Crippen LogP contribution in [0.5, 0.6) is 5.75 Å². The van der Waals surface area contributed by atoms with Crippen molar-refractivity contribution in [2.24, 2.45) is 0 Å². The molecule has 2 aromatic carbocycles. The molecule has 4 aromatic rings. The normalized spacial score (nSPS) is 17.8. The number of phenolic OH excluding ortho intramolecular Hbond substituents is 1. The Balaban J connectivity index is 1.73. The zero-order valence-electron chi connectivity index (χ0n) is 19.8. The van der Waals surface area contributed by atoms with Crippen molar-refractivity contribution in [3.63, 3.8) is 0 Å². The van der Waals surface area contributed by atoms with Gasteiger partial charge in [0, 0.05) is 22.6 Å². The molecule has 0 spiro atoms. The number of phenols is 1. The Labute approximate surface area is 222 Å². The fourth-order valence-corrected chi connectivity index (χ4v) is 5.49. The minimum Gasteiger partial charge on any atom is -0.506 e. The number of pyridine rings is 1. The van der Waals surface area contributed by atoms with E-state index in [9.17, 15) is 18.3 Å². The Bertz CT molecular complexity index is 1490. The number of para-hydroxylation sites is 1. The molecule has 190 valence electrons. The van der Waals surface area contributed by atoms with Gasteiger partial charge in [-0.1, -0.05) is 29.8 Å². The molecule has 2 N–H and O–H groups in total. The van der Waals surface area contributed by atoms with E-state index in [4.69, 9.17) is 23.8 Å². The van der Waals surface area contributed by atoms with Crippen LogP contribution in [0.25, 0.3) is 5.69 Å². The predicted molar refractivity (Wildman–Crippen MR) is 141 cm³/mol. The van der Waals surface area contributed by atoms with Gasteiger partial charge >= 0.3 is 6.18 Å². The van der Waals surface area contributed by atoms with Gasteiger partial charge in [-0.25, -0.2) is 0 Å². The van der Waals surface area contributed by atoms with Crippen LogP contribution in [0, 0.1) is 13.8 Å². The van der Waals surface area contributed by atoms with Gasteiger partial charge in [0.25, 0.3) is 0 Å². The topological polar surface area (TPSA) is 53.3 Å². The van der Waals surface area contributed by atoms with Crippen LogP contribution < -0.4 is 10.2 Å². The maximum Gasteiger partial charge on any atom is 0.418 e. The average molecular weight is 543 g/mol. The van der Waals surface area contributed by atoms with Crippen LogP contribution in [-0.2, 0) is 6.18 Å². The molecule has 0 saturated carbocycles. The fourth-order valence-electron chi connectivity index (χ4n) is 4.99. The van der Waals surface area contributed by atoms with Crippen LogP contribution in [0.1, 0.15) is 40.3 Å². The molecule has 10 heteroatoms. The molecule has 3 heterocycles. The number of thiocarbonyl (C=S) groups is 1. The van der Waals surface area contributed by atoms with Gasteiger partial charge in [-0.2, -0.15) is 13.2 Å². The van der Waals surface area contributed by atoms with E-state index >= 15 is 0 Å². The van der Waals surface area contributed by atoms with Gasteiger partial charge < -0.3 is 19.9 Å². The maximum atomic E-state index is 13.9. The molecule has 1 aliphatic heterocycles. The first-order valence-corrected chi connectivity index (χ1v) is 12.2. The van der Waals surface area contributed by atoms with E-state index in [-0.39, 0.29) is 11.4 Å². The minimum absolute atomic E-state index is 0.0311. The second-order valence-electron chi connectivity index (χ2n) is 8.81. The zero-order chi connectivity index (χ0) is 26.5. The lowest BCUT2D eigenvalue weighted by Crippen LogP contribution is -2.29. The maximum absolute atomic E-state index is 13.9. The number of aryl methyl sites for hydroxylation is 1. The van der Waals surface area contributed by atoms with Gasteiger partial charge in [0.15, 0.2) is 5.11 Å². The number of anilines is 1. The van der Waals surface area contributed by atoms with Crippen molar-refractivity contribution in [1.29, 1.82) is 0 Å². The number of hydrogen-bond donors (Lipinski definition) is 2. The number of alkyl halides is 3. The second-order valence-corrected chi connectivity index (χ2v) is 9.63. The standard InChI is InChI=1S/C27H22ClF3N4OS/c1-15-13-18(16(2)34(15)21-9-4-3-7-19(21)27(29,30)31)25-24(20-8-5-6-12-32-20)33-26(37)35(25)22-14-17(28)10-11-23(22)36/h3-14,24-25,36H,1-2H3,(H,33,37)/t24-,25+/m0/s1. The number of benzene rings is 2. The number of aromatic nitrogens is 2. The third-order valence-electron chi connectivity index (χ3n) is 6.53. The van der Waals surface area contributed by atoms with Crippen molar-refractivity contribution < 1.29 is 18.3 Å². The molecule has 1 fully saturated rings. The molecular formula is C27H22ClF3N4OS. The lowest BCUT2D eigenvalue weighted by atomic mass is 9.96. The first kappa shape index (κ1) is 25.1. The molecule has 2 aromatic heterocycles. The third-order valence-corrected chi connectivity index (χ3v) is 7.08. The van der Waals surface area contributed by atoms with Gasteiger partial charge in [-0.15, -0.1) is 0 Å². The molecule has 1 saturated heterocycles. The molecule has 2 atom stereocenters. The van der Waals surface area contributed by atoms with Crippen LogP contribution >= 0.6 is 23.8 Å². The predicted octanol–water partition coefficient (Wildman–Crippen LogP) is 7.04. The monoisotopic (exact) mass is 542 g/mol. The van der Waals surface area contributed by atoms with Crippen molar-refractivity contribution in [2.75, 3.05) is 4.90 Å². The zero-order valence-corrected chi connectivity index (χ0v) is 21.4. The fraction of sp³-hybridized carbons (Fsp3) is 0.185. The van der Waals surface area contributed by atoms with Crippen LogP contribution in [0.4, 0.5) is 18.9 Å². The van der Waals surface area contributed by atoms with Gasteiger partial charge in [-0.05, 0) is 80.2 Å². The van der Waals surface area contributed by atoms with E-state index in [1.165, 1.54) is 18.2 Å². The van der Waals surface area contributed by atoms with Gasteiger partial charge in [0.1, 0.15) is 5.75 Å². The van der Waals surface area contributed by atoms with Crippen molar-refractivity contribution in [3.05, 3.63) is 106 Å². The summed E-state index contributed by atoms with van der Waals surface area (Å²) >= 11 is 12.0. The summed E-state index contributed by atoms with van der Waals surface area (Å²) in [5.74, 6) is -0.0311. The van der Waals surface area contributed by atoms with Crippen molar-refractivity contribution in [3.8, 4) is 11.4 Å². The highest BCUT2D eigenvalue weighted by Crippen LogP contribution is 2.47. The van der Waals surface area contributed by atoms with Crippen molar-refractivity contribution in [1.82, 2.24) is 14.9 Å². The number of rotatable bonds is 4. The third kappa shape index (κ3) is 4.42. The minimum atomic E-state index is -4.52. The SMILES string of the molecule is Cc1cc([C@@H]2[C@H](c3ccccn3)NC(=S)N2c2cc(Cl)ccc2O)c(C)n1-c1ccccc1C(F)(F)F. The molecule has 5 nitrogen and oxygen atoms in total. The highest BCUT2D eigenvalue weighted by Gasteiger charge is 2.43. The summed E-state index contributed by atoms with van der Waals surface area (Å²) in [5.41, 5.74) is 2.35. The molecule has 0 unspecified atom stereocenters. The lowest BCUT2D eigenvalue weighted by Gasteiger charge is -2.29. The highest BCUT2D eigenvalue weighted by molar-refractivity contribution is 7.80. The largest absolute Gasteiger partial charge is 0.506 e. The summed E-state index contributed by atoms with van der Waals surface area (Å²) in [6.07, 6.45) is -2.86. The molecule has 37 heavy (non-hydrogen) atoms. The van der Waals surface area contributed by atoms with E-state index in [0.717, 1.165) is 11.6 Å².